The van der Waals surface area contributed by atoms with E-state index in [0.717, 1.165) is 21.6 Å². The summed E-state index contributed by atoms with van der Waals surface area (Å²) in [5.41, 5.74) is 0.894. The van der Waals surface area contributed by atoms with E-state index >= 15 is 0 Å². The summed E-state index contributed by atoms with van der Waals surface area (Å²) in [6, 6.07) is 11.7. The summed E-state index contributed by atoms with van der Waals surface area (Å²) >= 11 is 3.49. The van der Waals surface area contributed by atoms with Crippen LogP contribution in [0.4, 0.5) is 0 Å². The zero-order valence-electron chi connectivity index (χ0n) is 12.4. The molecule has 0 fully saturated rings. The topological polar surface area (TPSA) is 55.3 Å². The van der Waals surface area contributed by atoms with E-state index in [2.05, 4.69) is 31.0 Å². The van der Waals surface area contributed by atoms with Gasteiger partial charge in [-0.3, -0.25) is 4.90 Å². The second kappa shape index (κ2) is 6.46. The molecule has 0 aliphatic carbocycles. The van der Waals surface area contributed by atoms with E-state index in [9.17, 15) is 0 Å². The Morgan fingerprint density at radius 3 is 2.59 bits per heavy atom. The van der Waals surface area contributed by atoms with Gasteiger partial charge in [0.1, 0.15) is 11.5 Å². The first-order chi connectivity index (χ1) is 10.6. The van der Waals surface area contributed by atoms with Crippen molar-refractivity contribution in [1.82, 2.24) is 15.1 Å². The van der Waals surface area contributed by atoms with Crippen LogP contribution in [-0.2, 0) is 13.1 Å². The highest BCUT2D eigenvalue weighted by Crippen LogP contribution is 2.26. The fourth-order valence-corrected chi connectivity index (χ4v) is 2.64. The SMILES string of the molecule is Cc1ccc(CN(C)Cc2nnc(-c3ccccc3Br)o2)o1. The van der Waals surface area contributed by atoms with Gasteiger partial charge in [-0.15, -0.1) is 10.2 Å². The van der Waals surface area contributed by atoms with Gasteiger partial charge in [-0.2, -0.15) is 0 Å². The van der Waals surface area contributed by atoms with Crippen molar-refractivity contribution < 1.29 is 8.83 Å². The van der Waals surface area contributed by atoms with Crippen molar-refractivity contribution in [3.05, 3.63) is 58.3 Å². The molecule has 0 radical (unpaired) electrons. The molecule has 0 amide bonds. The molecule has 6 heteroatoms. The maximum atomic E-state index is 5.74. The Morgan fingerprint density at radius 2 is 1.86 bits per heavy atom. The molecule has 0 saturated carbocycles. The van der Waals surface area contributed by atoms with Crippen LogP contribution in [0.15, 0.2) is 49.7 Å². The second-order valence-electron chi connectivity index (χ2n) is 5.17. The predicted molar refractivity (Wildman–Crippen MR) is 86.1 cm³/mol. The van der Waals surface area contributed by atoms with E-state index < -0.39 is 0 Å². The van der Waals surface area contributed by atoms with Gasteiger partial charge in [0.05, 0.1) is 18.7 Å². The van der Waals surface area contributed by atoms with E-state index in [4.69, 9.17) is 8.83 Å². The number of benzene rings is 1. The fraction of sp³-hybridized carbons (Fsp3) is 0.250. The van der Waals surface area contributed by atoms with Crippen LogP contribution in [0.5, 0.6) is 0 Å². The van der Waals surface area contributed by atoms with Gasteiger partial charge in [0.25, 0.3) is 0 Å². The molecule has 0 unspecified atom stereocenters. The Labute approximate surface area is 137 Å². The first-order valence-corrected chi connectivity index (χ1v) is 7.72. The van der Waals surface area contributed by atoms with Gasteiger partial charge in [-0.1, -0.05) is 12.1 Å². The van der Waals surface area contributed by atoms with Crippen molar-refractivity contribution in [2.45, 2.75) is 20.0 Å². The normalized spacial score (nSPS) is 11.3. The average Bonchev–Trinajstić information content (AvgIpc) is 3.09. The van der Waals surface area contributed by atoms with Gasteiger partial charge in [0.15, 0.2) is 0 Å². The van der Waals surface area contributed by atoms with E-state index in [1.54, 1.807) is 0 Å². The third-order valence-electron chi connectivity index (χ3n) is 3.20. The molecule has 0 aliphatic heterocycles. The highest BCUT2D eigenvalue weighted by molar-refractivity contribution is 9.10. The first kappa shape index (κ1) is 15.0. The van der Waals surface area contributed by atoms with Crippen molar-refractivity contribution in [3.63, 3.8) is 0 Å². The molecule has 2 heterocycles. The summed E-state index contributed by atoms with van der Waals surface area (Å²) in [7, 11) is 1.99. The standard InChI is InChI=1S/C16H16BrN3O2/c1-11-7-8-12(21-11)9-20(2)10-15-18-19-16(22-15)13-5-3-4-6-14(13)17/h3-8H,9-10H2,1-2H3. The van der Waals surface area contributed by atoms with Gasteiger partial charge in [-0.25, -0.2) is 0 Å². The lowest BCUT2D eigenvalue weighted by atomic mass is 10.2. The smallest absolute Gasteiger partial charge is 0.248 e. The molecule has 5 nitrogen and oxygen atoms in total. The van der Waals surface area contributed by atoms with Crippen molar-refractivity contribution in [3.8, 4) is 11.5 Å². The molecular formula is C16H16BrN3O2. The molecule has 1 aromatic carbocycles. The van der Waals surface area contributed by atoms with Gasteiger partial charge in [0.2, 0.25) is 11.8 Å². The van der Waals surface area contributed by atoms with Crippen LogP contribution in [0, 0.1) is 6.92 Å². The lowest BCUT2D eigenvalue weighted by molar-refractivity contribution is 0.259. The van der Waals surface area contributed by atoms with Crippen LogP contribution < -0.4 is 0 Å². The zero-order chi connectivity index (χ0) is 15.5. The van der Waals surface area contributed by atoms with Crippen molar-refractivity contribution in [1.29, 1.82) is 0 Å². The maximum absolute atomic E-state index is 5.74. The quantitative estimate of drug-likeness (QED) is 0.686. The number of hydrogen-bond acceptors (Lipinski definition) is 5. The number of aryl methyl sites for hydroxylation is 1. The molecule has 2 aromatic heterocycles. The molecule has 0 spiro atoms. The summed E-state index contributed by atoms with van der Waals surface area (Å²) < 4.78 is 12.2. The Kier molecular flexibility index (Phi) is 4.40. The lowest BCUT2D eigenvalue weighted by Crippen LogP contribution is -2.17. The monoisotopic (exact) mass is 361 g/mol. The molecule has 3 aromatic rings. The first-order valence-electron chi connectivity index (χ1n) is 6.93. The number of halogens is 1. The van der Waals surface area contributed by atoms with Crippen LogP contribution in [0.3, 0.4) is 0 Å². The van der Waals surface area contributed by atoms with E-state index in [0.29, 0.717) is 24.9 Å². The van der Waals surface area contributed by atoms with Gasteiger partial charge >= 0.3 is 0 Å². The van der Waals surface area contributed by atoms with Gasteiger partial charge in [0, 0.05) is 4.47 Å². The number of rotatable bonds is 5. The molecular weight excluding hydrogens is 346 g/mol. The van der Waals surface area contributed by atoms with E-state index in [-0.39, 0.29) is 0 Å². The molecule has 114 valence electrons. The highest BCUT2D eigenvalue weighted by atomic mass is 79.9. The summed E-state index contributed by atoms with van der Waals surface area (Å²) in [4.78, 5) is 2.07. The maximum Gasteiger partial charge on any atom is 0.248 e. The minimum absolute atomic E-state index is 0.518. The largest absolute Gasteiger partial charge is 0.465 e. The minimum atomic E-state index is 0.518. The summed E-state index contributed by atoms with van der Waals surface area (Å²) in [5.74, 6) is 2.93. The molecule has 0 aliphatic rings. The number of furan rings is 1. The third kappa shape index (κ3) is 3.45. The molecule has 0 atom stereocenters. The van der Waals surface area contributed by atoms with Crippen LogP contribution in [0.2, 0.25) is 0 Å². The predicted octanol–water partition coefficient (Wildman–Crippen LogP) is 4.03. The molecule has 0 saturated heterocycles. The van der Waals surface area contributed by atoms with Crippen molar-refractivity contribution in [2.24, 2.45) is 0 Å². The van der Waals surface area contributed by atoms with Crippen LogP contribution >= 0.6 is 15.9 Å². The summed E-state index contributed by atoms with van der Waals surface area (Å²) in [6.45, 7) is 3.20. The van der Waals surface area contributed by atoms with Crippen LogP contribution in [-0.4, -0.2) is 22.1 Å². The second-order valence-corrected chi connectivity index (χ2v) is 6.02. The number of hydrogen-bond donors (Lipinski definition) is 0. The Balaban J connectivity index is 1.68. The highest BCUT2D eigenvalue weighted by Gasteiger charge is 2.13. The molecule has 3 rings (SSSR count). The summed E-state index contributed by atoms with van der Waals surface area (Å²) in [5, 5.41) is 8.23. The lowest BCUT2D eigenvalue weighted by Gasteiger charge is -2.11. The van der Waals surface area contributed by atoms with Gasteiger partial charge in [-0.05, 0) is 54.2 Å². The van der Waals surface area contributed by atoms with Crippen LogP contribution in [0.25, 0.3) is 11.5 Å². The van der Waals surface area contributed by atoms with Crippen molar-refractivity contribution in [2.75, 3.05) is 7.05 Å². The zero-order valence-corrected chi connectivity index (χ0v) is 14.0. The molecule has 22 heavy (non-hydrogen) atoms. The third-order valence-corrected chi connectivity index (χ3v) is 3.89. The van der Waals surface area contributed by atoms with E-state index in [1.165, 1.54) is 0 Å². The number of aromatic nitrogens is 2. The van der Waals surface area contributed by atoms with E-state index in [1.807, 2.05) is 50.4 Å². The molecule has 0 N–H and O–H groups in total. The van der Waals surface area contributed by atoms with Crippen LogP contribution in [0.1, 0.15) is 17.4 Å². The number of nitrogens with zero attached hydrogens (tertiary/aromatic N) is 3. The average molecular weight is 362 g/mol. The fourth-order valence-electron chi connectivity index (χ4n) is 2.18. The Morgan fingerprint density at radius 1 is 1.05 bits per heavy atom. The minimum Gasteiger partial charge on any atom is -0.465 e. The Bertz CT molecular complexity index is 766. The van der Waals surface area contributed by atoms with Crippen molar-refractivity contribution >= 4 is 15.9 Å². The van der Waals surface area contributed by atoms with Gasteiger partial charge < -0.3 is 8.83 Å². The molecule has 0 bridgehead atoms. The Hall–Kier alpha value is -1.92. The summed E-state index contributed by atoms with van der Waals surface area (Å²) in [6.07, 6.45) is 0.